The number of rotatable bonds is 5. The predicted molar refractivity (Wildman–Crippen MR) is 84.8 cm³/mol. The lowest BCUT2D eigenvalue weighted by Gasteiger charge is -2.10. The molecule has 0 aliphatic rings. The van der Waals surface area contributed by atoms with E-state index in [4.69, 9.17) is 0 Å². The number of hydrogen-bond acceptors (Lipinski definition) is 3. The van der Waals surface area contributed by atoms with Crippen molar-refractivity contribution in [2.45, 2.75) is 13.0 Å². The van der Waals surface area contributed by atoms with Crippen molar-refractivity contribution in [1.29, 1.82) is 0 Å². The predicted octanol–water partition coefficient (Wildman–Crippen LogP) is 2.56. The van der Waals surface area contributed by atoms with E-state index in [0.29, 0.717) is 12.1 Å². The molecule has 0 saturated carbocycles. The summed E-state index contributed by atoms with van der Waals surface area (Å²) in [6.07, 6.45) is 6.16. The van der Waals surface area contributed by atoms with Crippen molar-refractivity contribution in [1.82, 2.24) is 14.9 Å². The van der Waals surface area contributed by atoms with E-state index in [1.165, 1.54) is 0 Å². The molecule has 112 valence electrons. The Kier molecular flexibility index (Phi) is 4.05. The Morgan fingerprint density at radius 3 is 2.91 bits per heavy atom. The third-order valence-electron chi connectivity index (χ3n) is 3.57. The standard InChI is InChI=1S/C17H17N3O2/c21-15-7-6-13-4-1-2-5-14(13)16(15)17(22)19-8-3-10-20-11-9-18-12-20/h1-2,4-7,9,11-12,21H,3,8,10H2,(H,19,22). The fourth-order valence-corrected chi connectivity index (χ4v) is 2.47. The molecule has 22 heavy (non-hydrogen) atoms. The molecule has 0 unspecified atom stereocenters. The van der Waals surface area contributed by atoms with Crippen LogP contribution in [0.4, 0.5) is 0 Å². The van der Waals surface area contributed by atoms with Gasteiger partial charge in [-0.05, 0) is 23.3 Å². The second-order valence-electron chi connectivity index (χ2n) is 5.09. The van der Waals surface area contributed by atoms with Crippen molar-refractivity contribution in [3.63, 3.8) is 0 Å². The number of aromatic nitrogens is 2. The largest absolute Gasteiger partial charge is 0.507 e. The maximum absolute atomic E-state index is 12.4. The highest BCUT2D eigenvalue weighted by Crippen LogP contribution is 2.26. The number of phenols is 1. The number of carbonyl (C=O) groups excluding carboxylic acids is 1. The van der Waals surface area contributed by atoms with E-state index in [1.807, 2.05) is 35.0 Å². The summed E-state index contributed by atoms with van der Waals surface area (Å²) in [7, 11) is 0. The molecular weight excluding hydrogens is 278 g/mol. The van der Waals surface area contributed by atoms with Crippen molar-refractivity contribution in [3.05, 3.63) is 60.7 Å². The van der Waals surface area contributed by atoms with Crippen LogP contribution in [0.25, 0.3) is 10.8 Å². The molecule has 1 amide bonds. The van der Waals surface area contributed by atoms with Gasteiger partial charge >= 0.3 is 0 Å². The van der Waals surface area contributed by atoms with Gasteiger partial charge in [-0.25, -0.2) is 4.98 Å². The molecule has 0 aliphatic heterocycles. The molecule has 0 spiro atoms. The zero-order valence-corrected chi connectivity index (χ0v) is 12.1. The Balaban J connectivity index is 1.68. The third kappa shape index (κ3) is 2.93. The topological polar surface area (TPSA) is 67.2 Å². The first kappa shape index (κ1) is 14.1. The van der Waals surface area contributed by atoms with E-state index in [9.17, 15) is 9.90 Å². The zero-order valence-electron chi connectivity index (χ0n) is 12.1. The summed E-state index contributed by atoms with van der Waals surface area (Å²) >= 11 is 0. The maximum atomic E-state index is 12.4. The van der Waals surface area contributed by atoms with E-state index < -0.39 is 0 Å². The Hall–Kier alpha value is -2.82. The van der Waals surface area contributed by atoms with Crippen LogP contribution in [0.15, 0.2) is 55.1 Å². The molecule has 5 heteroatoms. The second kappa shape index (κ2) is 6.30. The van der Waals surface area contributed by atoms with Crippen molar-refractivity contribution >= 4 is 16.7 Å². The van der Waals surface area contributed by atoms with Crippen LogP contribution < -0.4 is 5.32 Å². The Bertz CT molecular complexity index is 782. The van der Waals surface area contributed by atoms with E-state index in [0.717, 1.165) is 23.7 Å². The monoisotopic (exact) mass is 295 g/mol. The second-order valence-corrected chi connectivity index (χ2v) is 5.09. The normalized spacial score (nSPS) is 10.7. The lowest BCUT2D eigenvalue weighted by Crippen LogP contribution is -2.25. The van der Waals surface area contributed by atoms with Crippen LogP contribution in [-0.2, 0) is 6.54 Å². The smallest absolute Gasteiger partial charge is 0.255 e. The number of phenolic OH excluding ortho intramolecular Hbond substituents is 1. The van der Waals surface area contributed by atoms with E-state index in [1.54, 1.807) is 24.7 Å². The average molecular weight is 295 g/mol. The summed E-state index contributed by atoms with van der Waals surface area (Å²) in [5, 5.41) is 14.6. The summed E-state index contributed by atoms with van der Waals surface area (Å²) in [6.45, 7) is 1.33. The summed E-state index contributed by atoms with van der Waals surface area (Å²) < 4.78 is 1.96. The van der Waals surface area contributed by atoms with E-state index >= 15 is 0 Å². The fourth-order valence-electron chi connectivity index (χ4n) is 2.47. The van der Waals surface area contributed by atoms with Crippen molar-refractivity contribution in [2.75, 3.05) is 6.54 Å². The van der Waals surface area contributed by atoms with E-state index in [-0.39, 0.29) is 11.7 Å². The van der Waals surface area contributed by atoms with Gasteiger partial charge in [0.2, 0.25) is 0 Å². The lowest BCUT2D eigenvalue weighted by molar-refractivity contribution is 0.0952. The lowest BCUT2D eigenvalue weighted by atomic mass is 10.0. The van der Waals surface area contributed by atoms with Crippen LogP contribution in [0.1, 0.15) is 16.8 Å². The summed E-state index contributed by atoms with van der Waals surface area (Å²) in [6, 6.07) is 10.9. The number of imidazole rings is 1. The van der Waals surface area contributed by atoms with Crippen LogP contribution in [0.2, 0.25) is 0 Å². The van der Waals surface area contributed by atoms with Crippen LogP contribution >= 0.6 is 0 Å². The quantitative estimate of drug-likeness (QED) is 0.711. The Labute approximate surface area is 128 Å². The molecule has 3 aromatic rings. The minimum absolute atomic E-state index is 0.00538. The summed E-state index contributed by atoms with van der Waals surface area (Å²) in [5.74, 6) is -0.245. The van der Waals surface area contributed by atoms with Crippen molar-refractivity contribution in [2.24, 2.45) is 0 Å². The van der Waals surface area contributed by atoms with Gasteiger partial charge in [0.15, 0.2) is 0 Å². The van der Waals surface area contributed by atoms with Gasteiger partial charge in [0, 0.05) is 25.5 Å². The van der Waals surface area contributed by atoms with E-state index in [2.05, 4.69) is 10.3 Å². The van der Waals surface area contributed by atoms with Gasteiger partial charge in [0.1, 0.15) is 5.75 Å². The van der Waals surface area contributed by atoms with Gasteiger partial charge in [0.05, 0.1) is 11.9 Å². The summed E-state index contributed by atoms with van der Waals surface area (Å²) in [5.41, 5.74) is 0.334. The van der Waals surface area contributed by atoms with Crippen molar-refractivity contribution in [3.8, 4) is 5.75 Å². The Morgan fingerprint density at radius 2 is 2.09 bits per heavy atom. The van der Waals surface area contributed by atoms with Gasteiger partial charge in [-0.2, -0.15) is 0 Å². The highest BCUT2D eigenvalue weighted by Gasteiger charge is 2.14. The number of nitrogens with one attached hydrogen (secondary N) is 1. The molecule has 3 rings (SSSR count). The molecular formula is C17H17N3O2. The Morgan fingerprint density at radius 1 is 1.23 bits per heavy atom. The fraction of sp³-hybridized carbons (Fsp3) is 0.176. The van der Waals surface area contributed by atoms with Gasteiger partial charge < -0.3 is 15.0 Å². The molecule has 0 bridgehead atoms. The number of hydrogen-bond donors (Lipinski definition) is 2. The molecule has 1 heterocycles. The van der Waals surface area contributed by atoms with Crippen LogP contribution in [0.3, 0.4) is 0 Å². The first-order valence-electron chi connectivity index (χ1n) is 7.20. The first-order valence-corrected chi connectivity index (χ1v) is 7.20. The molecule has 0 radical (unpaired) electrons. The van der Waals surface area contributed by atoms with Crippen molar-refractivity contribution < 1.29 is 9.90 Å². The summed E-state index contributed by atoms with van der Waals surface area (Å²) in [4.78, 5) is 16.3. The van der Waals surface area contributed by atoms with Gasteiger partial charge in [-0.3, -0.25) is 4.79 Å². The third-order valence-corrected chi connectivity index (χ3v) is 3.57. The number of aromatic hydroxyl groups is 1. The SMILES string of the molecule is O=C(NCCCn1ccnc1)c1c(O)ccc2ccccc12. The number of nitrogens with zero attached hydrogens (tertiary/aromatic N) is 2. The number of carbonyl (C=O) groups is 1. The number of fused-ring (bicyclic) bond motifs is 1. The first-order chi connectivity index (χ1) is 10.8. The minimum Gasteiger partial charge on any atom is -0.507 e. The number of benzene rings is 2. The number of aryl methyl sites for hydroxylation is 1. The zero-order chi connectivity index (χ0) is 15.4. The maximum Gasteiger partial charge on any atom is 0.255 e. The molecule has 0 saturated heterocycles. The van der Waals surface area contributed by atoms with Gasteiger partial charge in [-0.15, -0.1) is 0 Å². The molecule has 0 aliphatic carbocycles. The molecule has 2 N–H and O–H groups in total. The molecule has 0 atom stereocenters. The minimum atomic E-state index is -0.250. The highest BCUT2D eigenvalue weighted by atomic mass is 16.3. The molecule has 2 aromatic carbocycles. The number of amides is 1. The van der Waals surface area contributed by atoms with Crippen LogP contribution in [0.5, 0.6) is 5.75 Å². The van der Waals surface area contributed by atoms with Gasteiger partial charge in [0.25, 0.3) is 5.91 Å². The van der Waals surface area contributed by atoms with Crippen LogP contribution in [0, 0.1) is 0 Å². The van der Waals surface area contributed by atoms with Gasteiger partial charge in [-0.1, -0.05) is 30.3 Å². The molecule has 5 nitrogen and oxygen atoms in total. The highest BCUT2D eigenvalue weighted by molar-refractivity contribution is 6.09. The average Bonchev–Trinajstić information content (AvgIpc) is 3.04. The molecule has 0 fully saturated rings. The van der Waals surface area contributed by atoms with Crippen LogP contribution in [-0.4, -0.2) is 27.1 Å². The molecule has 1 aromatic heterocycles.